The lowest BCUT2D eigenvalue weighted by atomic mass is 10.0. The summed E-state index contributed by atoms with van der Waals surface area (Å²) in [6.07, 6.45) is 8.42. The minimum atomic E-state index is -0.760. The number of benzene rings is 1. The van der Waals surface area contributed by atoms with Gasteiger partial charge in [-0.1, -0.05) is 6.07 Å². The lowest BCUT2D eigenvalue weighted by Crippen LogP contribution is -2.53. The largest absolute Gasteiger partial charge is 0.453 e. The summed E-state index contributed by atoms with van der Waals surface area (Å²) in [4.78, 5) is 24.2. The maximum absolute atomic E-state index is 14.9. The van der Waals surface area contributed by atoms with E-state index in [9.17, 15) is 9.18 Å². The zero-order chi connectivity index (χ0) is 25.7. The number of aromatic amines is 1. The van der Waals surface area contributed by atoms with E-state index in [0.29, 0.717) is 49.7 Å². The standard InChI is InChI=1S/C26H32FN7O2/c1-17-15-32-25-24(17)23(5-7-31-25)36-22-3-2-18(12-20(22)27)13-21(30)26(35)34-10-8-33(9-11-34)16-19(14-29)4-6-28/h2-7,12,14-15,21H,8-11,13,16,28-30H2,1H3,(H,31,32)/b6-4-,19-14+. The number of piperazine rings is 1. The van der Waals surface area contributed by atoms with Crippen molar-refractivity contribution >= 4 is 16.9 Å². The number of hydrogen-bond acceptors (Lipinski definition) is 7. The number of aryl methyl sites for hydroxylation is 1. The first-order chi connectivity index (χ1) is 17.4. The molecule has 0 radical (unpaired) electrons. The first-order valence-corrected chi connectivity index (χ1v) is 11.8. The molecule has 10 heteroatoms. The van der Waals surface area contributed by atoms with Crippen molar-refractivity contribution < 1.29 is 13.9 Å². The van der Waals surface area contributed by atoms with Gasteiger partial charge in [-0.05, 0) is 66.7 Å². The molecule has 1 aromatic carbocycles. The van der Waals surface area contributed by atoms with Crippen LogP contribution in [0, 0.1) is 12.7 Å². The predicted molar refractivity (Wildman–Crippen MR) is 138 cm³/mol. The van der Waals surface area contributed by atoms with Gasteiger partial charge >= 0.3 is 0 Å². The number of pyridine rings is 1. The highest BCUT2D eigenvalue weighted by Crippen LogP contribution is 2.32. The molecule has 9 nitrogen and oxygen atoms in total. The molecule has 4 rings (SSSR count). The summed E-state index contributed by atoms with van der Waals surface area (Å²) in [6.45, 7) is 5.14. The topological polar surface area (TPSA) is 140 Å². The number of fused-ring (bicyclic) bond motifs is 1. The summed E-state index contributed by atoms with van der Waals surface area (Å²) in [6, 6.07) is 5.61. The van der Waals surface area contributed by atoms with Crippen molar-refractivity contribution in [3.63, 3.8) is 0 Å². The van der Waals surface area contributed by atoms with Crippen molar-refractivity contribution in [3.8, 4) is 11.5 Å². The van der Waals surface area contributed by atoms with Crippen LogP contribution in [0.1, 0.15) is 11.1 Å². The Bertz CT molecular complexity index is 1280. The molecule has 1 unspecified atom stereocenters. The van der Waals surface area contributed by atoms with Gasteiger partial charge in [0.25, 0.3) is 0 Å². The number of ether oxygens (including phenoxy) is 1. The van der Waals surface area contributed by atoms with Crippen LogP contribution in [0.15, 0.2) is 60.7 Å². The van der Waals surface area contributed by atoms with Gasteiger partial charge in [0.2, 0.25) is 5.91 Å². The number of carbonyl (C=O) groups is 1. The van der Waals surface area contributed by atoms with E-state index in [4.69, 9.17) is 21.9 Å². The smallest absolute Gasteiger partial charge is 0.239 e. The summed E-state index contributed by atoms with van der Waals surface area (Å²) in [5, 5.41) is 0.805. The van der Waals surface area contributed by atoms with Crippen LogP contribution >= 0.6 is 0 Å². The number of nitrogens with two attached hydrogens (primary N) is 3. The van der Waals surface area contributed by atoms with E-state index < -0.39 is 11.9 Å². The number of H-pyrrole nitrogens is 1. The molecule has 2 aromatic heterocycles. The fourth-order valence-electron chi connectivity index (χ4n) is 4.39. The Balaban J connectivity index is 1.34. The molecule has 1 saturated heterocycles. The maximum atomic E-state index is 14.9. The van der Waals surface area contributed by atoms with Gasteiger partial charge in [-0.2, -0.15) is 0 Å². The number of rotatable bonds is 8. The quantitative estimate of drug-likeness (QED) is 0.353. The summed E-state index contributed by atoms with van der Waals surface area (Å²) >= 11 is 0. The van der Waals surface area contributed by atoms with Gasteiger partial charge in [0.15, 0.2) is 11.6 Å². The molecule has 1 aliphatic heterocycles. The van der Waals surface area contributed by atoms with Crippen molar-refractivity contribution in [3.05, 3.63) is 77.7 Å². The highest BCUT2D eigenvalue weighted by molar-refractivity contribution is 5.86. The number of halogens is 1. The molecule has 3 heterocycles. The van der Waals surface area contributed by atoms with Gasteiger partial charge < -0.3 is 31.8 Å². The highest BCUT2D eigenvalue weighted by atomic mass is 19.1. The Morgan fingerprint density at radius 1 is 1.22 bits per heavy atom. The van der Waals surface area contributed by atoms with Gasteiger partial charge in [-0.3, -0.25) is 9.69 Å². The van der Waals surface area contributed by atoms with Crippen molar-refractivity contribution in [2.24, 2.45) is 17.2 Å². The van der Waals surface area contributed by atoms with Crippen LogP contribution in [0.5, 0.6) is 11.5 Å². The van der Waals surface area contributed by atoms with Crippen LogP contribution in [-0.4, -0.2) is 64.4 Å². The van der Waals surface area contributed by atoms with Crippen LogP contribution in [0.25, 0.3) is 11.0 Å². The number of nitrogens with one attached hydrogen (secondary N) is 1. The Morgan fingerprint density at radius 2 is 2.00 bits per heavy atom. The second-order valence-electron chi connectivity index (χ2n) is 8.88. The molecule has 1 fully saturated rings. The van der Waals surface area contributed by atoms with Gasteiger partial charge in [-0.25, -0.2) is 9.37 Å². The van der Waals surface area contributed by atoms with E-state index in [2.05, 4.69) is 14.9 Å². The summed E-state index contributed by atoms with van der Waals surface area (Å²) < 4.78 is 20.7. The van der Waals surface area contributed by atoms with E-state index in [1.165, 1.54) is 18.5 Å². The molecular formula is C26H32FN7O2. The van der Waals surface area contributed by atoms with E-state index >= 15 is 0 Å². The molecular weight excluding hydrogens is 461 g/mol. The Kier molecular flexibility index (Phi) is 7.87. The molecule has 0 bridgehead atoms. The zero-order valence-electron chi connectivity index (χ0n) is 20.3. The van der Waals surface area contributed by atoms with Gasteiger partial charge in [-0.15, -0.1) is 0 Å². The first-order valence-electron chi connectivity index (χ1n) is 11.8. The number of aromatic nitrogens is 2. The first kappa shape index (κ1) is 25.2. The van der Waals surface area contributed by atoms with Gasteiger partial charge in [0.05, 0.1) is 11.4 Å². The molecule has 1 amide bonds. The lowest BCUT2D eigenvalue weighted by molar-refractivity contribution is -0.134. The Labute approximate surface area is 209 Å². The van der Waals surface area contributed by atoms with Gasteiger partial charge in [0.1, 0.15) is 11.4 Å². The molecule has 0 spiro atoms. The maximum Gasteiger partial charge on any atom is 0.239 e. The van der Waals surface area contributed by atoms with Crippen molar-refractivity contribution in [2.45, 2.75) is 19.4 Å². The predicted octanol–water partition coefficient (Wildman–Crippen LogP) is 2.13. The fraction of sp³-hybridized carbons (Fsp3) is 0.308. The SMILES string of the molecule is Cc1c[nH]c2nccc(Oc3ccc(CC(N)C(=O)N4CCN(CC(/C=C\N)=C/N)CC4)cc3F)c12. The third-order valence-electron chi connectivity index (χ3n) is 6.34. The molecule has 1 aliphatic rings. The lowest BCUT2D eigenvalue weighted by Gasteiger charge is -2.36. The second kappa shape index (κ2) is 11.2. The third kappa shape index (κ3) is 5.67. The van der Waals surface area contributed by atoms with Crippen LogP contribution < -0.4 is 21.9 Å². The third-order valence-corrected chi connectivity index (χ3v) is 6.34. The highest BCUT2D eigenvalue weighted by Gasteiger charge is 2.26. The molecule has 0 aliphatic carbocycles. The summed E-state index contributed by atoms with van der Waals surface area (Å²) in [5.74, 6) is -0.0501. The van der Waals surface area contributed by atoms with Crippen LogP contribution in [0.4, 0.5) is 4.39 Å². The molecule has 0 saturated carbocycles. The number of hydrogen-bond donors (Lipinski definition) is 4. The summed E-state index contributed by atoms with van der Waals surface area (Å²) in [7, 11) is 0. The Morgan fingerprint density at radius 3 is 2.69 bits per heavy atom. The van der Waals surface area contributed by atoms with Crippen LogP contribution in [0.2, 0.25) is 0 Å². The average molecular weight is 494 g/mol. The number of carbonyl (C=O) groups excluding carboxylic acids is 1. The normalized spacial score (nSPS) is 16.1. The van der Waals surface area contributed by atoms with E-state index in [-0.39, 0.29) is 18.1 Å². The van der Waals surface area contributed by atoms with Crippen molar-refractivity contribution in [1.29, 1.82) is 0 Å². The molecule has 190 valence electrons. The molecule has 36 heavy (non-hydrogen) atoms. The monoisotopic (exact) mass is 493 g/mol. The number of amides is 1. The second-order valence-corrected chi connectivity index (χ2v) is 8.88. The van der Waals surface area contributed by atoms with Crippen molar-refractivity contribution in [2.75, 3.05) is 32.7 Å². The zero-order valence-corrected chi connectivity index (χ0v) is 20.3. The van der Waals surface area contributed by atoms with Crippen molar-refractivity contribution in [1.82, 2.24) is 19.8 Å². The average Bonchev–Trinajstić information content (AvgIpc) is 3.27. The minimum Gasteiger partial charge on any atom is -0.453 e. The fourth-order valence-corrected chi connectivity index (χ4v) is 4.39. The summed E-state index contributed by atoms with van der Waals surface area (Å²) in [5.41, 5.74) is 20.5. The van der Waals surface area contributed by atoms with Crippen LogP contribution in [0.3, 0.4) is 0 Å². The van der Waals surface area contributed by atoms with E-state index in [1.54, 1.807) is 35.4 Å². The molecule has 3 aromatic rings. The van der Waals surface area contributed by atoms with E-state index in [1.807, 2.05) is 13.1 Å². The molecule has 1 atom stereocenters. The van der Waals surface area contributed by atoms with E-state index in [0.717, 1.165) is 16.5 Å². The number of nitrogens with zero attached hydrogens (tertiary/aromatic N) is 3. The van der Waals surface area contributed by atoms with Crippen LogP contribution in [-0.2, 0) is 11.2 Å². The molecule has 7 N–H and O–H groups in total. The van der Waals surface area contributed by atoms with Gasteiger partial charge in [0, 0.05) is 45.1 Å². The minimum absolute atomic E-state index is 0.0956. The Hall–Kier alpha value is -3.89.